The minimum atomic E-state index is -0.0668. The van der Waals surface area contributed by atoms with Crippen molar-refractivity contribution in [2.45, 2.75) is 13.0 Å². The molecule has 1 rings (SSSR count). The second-order valence-corrected chi connectivity index (χ2v) is 4.46. The summed E-state index contributed by atoms with van der Waals surface area (Å²) in [6, 6.07) is 2.20. The fourth-order valence-electron chi connectivity index (χ4n) is 1.35. The lowest BCUT2D eigenvalue weighted by Crippen LogP contribution is -2.49. The van der Waals surface area contributed by atoms with Gasteiger partial charge < -0.3 is 4.90 Å². The van der Waals surface area contributed by atoms with Gasteiger partial charge in [-0.05, 0) is 6.92 Å². The molecular weight excluding hydrogens is 293 g/mol. The van der Waals surface area contributed by atoms with Crippen molar-refractivity contribution in [1.82, 2.24) is 8.01 Å². The standard InChI is InChI=1S/C9H12IN3O/c1-8-7-12(5-6-13(8)10)9(14)3-2-4-11/h2-3,8H,5-7H2,1H3/b3-2+. The molecule has 0 aliphatic carbocycles. The van der Waals surface area contributed by atoms with E-state index in [-0.39, 0.29) is 5.91 Å². The summed E-state index contributed by atoms with van der Waals surface area (Å²) in [5, 5.41) is 8.29. The number of nitrogens with zero attached hydrogens (tertiary/aromatic N) is 3. The molecule has 76 valence electrons. The number of hydrogen-bond acceptors (Lipinski definition) is 3. The molecule has 0 spiro atoms. The number of amides is 1. The van der Waals surface area contributed by atoms with Gasteiger partial charge in [-0.25, -0.2) is 3.11 Å². The third kappa shape index (κ3) is 2.96. The Morgan fingerprint density at radius 2 is 2.36 bits per heavy atom. The SMILES string of the molecule is CC1CN(C(=O)/C=C/C#N)CCN1I. The van der Waals surface area contributed by atoms with Crippen molar-refractivity contribution in [2.75, 3.05) is 19.6 Å². The smallest absolute Gasteiger partial charge is 0.247 e. The van der Waals surface area contributed by atoms with Crippen LogP contribution in [0.5, 0.6) is 0 Å². The number of hydrogen-bond donors (Lipinski definition) is 0. The van der Waals surface area contributed by atoms with Gasteiger partial charge >= 0.3 is 0 Å². The summed E-state index contributed by atoms with van der Waals surface area (Å²) in [5.41, 5.74) is 0. The molecule has 0 bridgehead atoms. The molecule has 1 fully saturated rings. The largest absolute Gasteiger partial charge is 0.336 e. The molecule has 1 saturated heterocycles. The minimum absolute atomic E-state index is 0.0668. The molecule has 14 heavy (non-hydrogen) atoms. The summed E-state index contributed by atoms with van der Waals surface area (Å²) in [4.78, 5) is 13.2. The predicted molar refractivity (Wildman–Crippen MR) is 61.5 cm³/mol. The molecule has 0 N–H and O–H groups in total. The van der Waals surface area contributed by atoms with E-state index in [1.807, 2.05) is 6.07 Å². The quantitative estimate of drug-likeness (QED) is 0.314. The Bertz CT molecular complexity index is 284. The van der Waals surface area contributed by atoms with Crippen molar-refractivity contribution in [1.29, 1.82) is 5.26 Å². The van der Waals surface area contributed by atoms with Gasteiger partial charge in [-0.3, -0.25) is 4.79 Å². The Morgan fingerprint density at radius 3 is 2.93 bits per heavy atom. The first-order valence-corrected chi connectivity index (χ1v) is 5.39. The zero-order chi connectivity index (χ0) is 10.6. The Balaban J connectivity index is 2.51. The van der Waals surface area contributed by atoms with Gasteiger partial charge in [0.1, 0.15) is 0 Å². The van der Waals surface area contributed by atoms with Crippen LogP contribution in [0.25, 0.3) is 0 Å². The van der Waals surface area contributed by atoms with Crippen LogP contribution in [0.2, 0.25) is 0 Å². The molecule has 1 amide bonds. The number of allylic oxidation sites excluding steroid dienone is 1. The molecule has 5 heteroatoms. The highest BCUT2D eigenvalue weighted by atomic mass is 127. The maximum atomic E-state index is 11.5. The number of halogens is 1. The lowest BCUT2D eigenvalue weighted by molar-refractivity contribution is -0.127. The van der Waals surface area contributed by atoms with Crippen molar-refractivity contribution >= 4 is 28.8 Å². The summed E-state index contributed by atoms with van der Waals surface area (Å²) in [6.45, 7) is 4.44. The molecule has 1 aliphatic rings. The minimum Gasteiger partial charge on any atom is -0.336 e. The zero-order valence-corrected chi connectivity index (χ0v) is 10.1. The van der Waals surface area contributed by atoms with Crippen LogP contribution in [0.4, 0.5) is 0 Å². The Labute approximate surface area is 97.7 Å². The van der Waals surface area contributed by atoms with Crippen molar-refractivity contribution in [3.8, 4) is 6.07 Å². The molecule has 4 nitrogen and oxygen atoms in total. The van der Waals surface area contributed by atoms with E-state index in [0.717, 1.165) is 19.6 Å². The molecule has 0 aromatic heterocycles. The van der Waals surface area contributed by atoms with Crippen LogP contribution >= 0.6 is 22.9 Å². The number of carbonyl (C=O) groups is 1. The van der Waals surface area contributed by atoms with E-state index in [2.05, 4.69) is 32.9 Å². The van der Waals surface area contributed by atoms with Crippen LogP contribution in [0.15, 0.2) is 12.2 Å². The first-order chi connectivity index (χ1) is 6.65. The number of nitriles is 1. The highest BCUT2D eigenvalue weighted by molar-refractivity contribution is 14.1. The van der Waals surface area contributed by atoms with Crippen LogP contribution in [0.1, 0.15) is 6.92 Å². The van der Waals surface area contributed by atoms with Crippen molar-refractivity contribution < 1.29 is 4.79 Å². The monoisotopic (exact) mass is 305 g/mol. The number of rotatable bonds is 1. The molecule has 0 saturated carbocycles. The second-order valence-electron chi connectivity index (χ2n) is 3.22. The van der Waals surface area contributed by atoms with E-state index >= 15 is 0 Å². The van der Waals surface area contributed by atoms with Gasteiger partial charge in [0.25, 0.3) is 0 Å². The van der Waals surface area contributed by atoms with Gasteiger partial charge in [0, 0.05) is 60.7 Å². The normalized spacial score (nSPS) is 23.8. The molecule has 0 aromatic rings. The molecule has 1 unspecified atom stereocenters. The van der Waals surface area contributed by atoms with Crippen molar-refractivity contribution in [2.24, 2.45) is 0 Å². The molecule has 1 aliphatic heterocycles. The summed E-state index contributed by atoms with van der Waals surface area (Å²) in [7, 11) is 0. The van der Waals surface area contributed by atoms with Gasteiger partial charge in [-0.1, -0.05) is 0 Å². The Kier molecular flexibility index (Phi) is 4.35. The van der Waals surface area contributed by atoms with Gasteiger partial charge in [-0.2, -0.15) is 5.26 Å². The number of carbonyl (C=O) groups excluding carboxylic acids is 1. The van der Waals surface area contributed by atoms with Gasteiger partial charge in [0.2, 0.25) is 5.91 Å². The predicted octanol–water partition coefficient (Wildman–Crippen LogP) is 0.949. The van der Waals surface area contributed by atoms with Gasteiger partial charge in [0.05, 0.1) is 6.07 Å². The third-order valence-corrected chi connectivity index (χ3v) is 3.59. The maximum Gasteiger partial charge on any atom is 0.247 e. The molecule has 1 atom stereocenters. The summed E-state index contributed by atoms with van der Waals surface area (Å²) >= 11 is 2.27. The highest BCUT2D eigenvalue weighted by Gasteiger charge is 2.23. The van der Waals surface area contributed by atoms with Crippen molar-refractivity contribution in [3.63, 3.8) is 0 Å². The first kappa shape index (κ1) is 11.5. The van der Waals surface area contributed by atoms with Crippen LogP contribution in [0.3, 0.4) is 0 Å². The molecule has 1 heterocycles. The van der Waals surface area contributed by atoms with Crippen molar-refractivity contribution in [3.05, 3.63) is 12.2 Å². The fourth-order valence-corrected chi connectivity index (χ4v) is 1.74. The lowest BCUT2D eigenvalue weighted by atomic mass is 10.2. The van der Waals surface area contributed by atoms with E-state index < -0.39 is 0 Å². The van der Waals surface area contributed by atoms with E-state index in [4.69, 9.17) is 5.26 Å². The van der Waals surface area contributed by atoms with Crippen LogP contribution < -0.4 is 0 Å². The Morgan fingerprint density at radius 1 is 1.64 bits per heavy atom. The van der Waals surface area contributed by atoms with Crippen LogP contribution in [0, 0.1) is 11.3 Å². The van der Waals surface area contributed by atoms with E-state index in [1.165, 1.54) is 12.2 Å². The average Bonchev–Trinajstić information content (AvgIpc) is 2.18. The topological polar surface area (TPSA) is 47.3 Å². The maximum absolute atomic E-state index is 11.5. The third-order valence-electron chi connectivity index (χ3n) is 2.16. The molecular formula is C9H12IN3O. The summed E-state index contributed by atoms with van der Waals surface area (Å²) in [6.07, 6.45) is 2.55. The van der Waals surface area contributed by atoms with E-state index in [1.54, 1.807) is 4.90 Å². The van der Waals surface area contributed by atoms with Crippen LogP contribution in [-0.4, -0.2) is 39.6 Å². The molecule has 0 aromatic carbocycles. The zero-order valence-electron chi connectivity index (χ0n) is 7.98. The van der Waals surface area contributed by atoms with Gasteiger partial charge in [-0.15, -0.1) is 0 Å². The van der Waals surface area contributed by atoms with Gasteiger partial charge in [0.15, 0.2) is 0 Å². The summed E-state index contributed by atoms with van der Waals surface area (Å²) in [5.74, 6) is -0.0668. The second kappa shape index (κ2) is 5.32. The van der Waals surface area contributed by atoms with E-state index in [9.17, 15) is 4.79 Å². The fraction of sp³-hybridized carbons (Fsp3) is 0.556. The summed E-state index contributed by atoms with van der Waals surface area (Å²) < 4.78 is 2.19. The lowest BCUT2D eigenvalue weighted by Gasteiger charge is -2.35. The molecule has 0 radical (unpaired) electrons. The first-order valence-electron chi connectivity index (χ1n) is 4.42. The van der Waals surface area contributed by atoms with E-state index in [0.29, 0.717) is 6.04 Å². The highest BCUT2D eigenvalue weighted by Crippen LogP contribution is 2.13. The average molecular weight is 305 g/mol. The number of piperazine rings is 1. The Hall–Kier alpha value is -0.610. The van der Waals surface area contributed by atoms with Crippen LogP contribution in [-0.2, 0) is 4.79 Å².